The number of thiazole rings is 1. The molecule has 0 saturated carbocycles. The van der Waals surface area contributed by atoms with E-state index >= 15 is 0 Å². The van der Waals surface area contributed by atoms with Gasteiger partial charge < -0.3 is 34.0 Å². The van der Waals surface area contributed by atoms with Crippen molar-refractivity contribution in [3.63, 3.8) is 0 Å². The molecule has 3 aromatic rings. The van der Waals surface area contributed by atoms with Gasteiger partial charge in [0, 0.05) is 71.0 Å². The van der Waals surface area contributed by atoms with Crippen LogP contribution in [0.3, 0.4) is 0 Å². The Balaban J connectivity index is 0.000000329. The third kappa shape index (κ3) is 12.5. The summed E-state index contributed by atoms with van der Waals surface area (Å²) in [7, 11) is 2.61. The summed E-state index contributed by atoms with van der Waals surface area (Å²) in [6, 6.07) is 6.57. The second-order valence-corrected chi connectivity index (χ2v) is 15.0. The molecule has 1 saturated heterocycles. The maximum absolute atomic E-state index is 10.3. The van der Waals surface area contributed by atoms with Crippen molar-refractivity contribution in [2.75, 3.05) is 57.2 Å². The summed E-state index contributed by atoms with van der Waals surface area (Å²) in [5.74, 6) is 1.22. The summed E-state index contributed by atoms with van der Waals surface area (Å²) < 4.78 is 36.5. The third-order valence-electron chi connectivity index (χ3n) is 7.84. The Morgan fingerprint density at radius 2 is 1.85 bits per heavy atom. The highest BCUT2D eigenvalue weighted by atomic mass is 32.2. The maximum Gasteiger partial charge on any atom is 0.274 e. The zero-order valence-corrected chi connectivity index (χ0v) is 29.8. The Hall–Kier alpha value is -2.09. The molecule has 0 spiro atoms. The molecule has 2 aliphatic heterocycles. The number of hydrogen-bond donors (Lipinski definition) is 2. The summed E-state index contributed by atoms with van der Waals surface area (Å²) in [6.07, 6.45) is 16.5. The molecule has 14 heteroatoms. The summed E-state index contributed by atoms with van der Waals surface area (Å²) in [6.45, 7) is 6.00. The fourth-order valence-electron chi connectivity index (χ4n) is 5.36. The Morgan fingerprint density at radius 1 is 1.11 bits per heavy atom. The van der Waals surface area contributed by atoms with E-state index in [0.717, 1.165) is 107 Å². The van der Waals surface area contributed by atoms with Gasteiger partial charge in [-0.3, -0.25) is 0 Å². The third-order valence-corrected chi connectivity index (χ3v) is 10.9. The molecule has 2 aromatic heterocycles. The van der Waals surface area contributed by atoms with E-state index in [1.54, 1.807) is 25.6 Å². The summed E-state index contributed by atoms with van der Waals surface area (Å²) in [5, 5.41) is 4.16. The van der Waals surface area contributed by atoms with Crippen molar-refractivity contribution < 1.29 is 28.0 Å². The van der Waals surface area contributed by atoms with Crippen molar-refractivity contribution in [3.05, 3.63) is 47.8 Å². The van der Waals surface area contributed by atoms with E-state index in [-0.39, 0.29) is 11.6 Å². The van der Waals surface area contributed by atoms with Crippen LogP contribution in [0, 0.1) is 0 Å². The molecule has 11 nitrogen and oxygen atoms in total. The van der Waals surface area contributed by atoms with Crippen LogP contribution in [0.25, 0.3) is 15.8 Å². The average molecular weight is 696 g/mol. The van der Waals surface area contributed by atoms with Crippen molar-refractivity contribution in [2.24, 2.45) is 0 Å². The van der Waals surface area contributed by atoms with Gasteiger partial charge in [0.2, 0.25) is 5.95 Å². The topological polar surface area (TPSA) is 150 Å². The van der Waals surface area contributed by atoms with E-state index in [0.29, 0.717) is 5.75 Å². The average Bonchev–Trinajstić information content (AvgIpc) is 3.47. The first-order valence-corrected chi connectivity index (χ1v) is 19.4. The number of unbranched alkanes of at least 4 members (excludes halogenated alkanes) is 3. The Kier molecular flexibility index (Phi) is 17.5. The van der Waals surface area contributed by atoms with Gasteiger partial charge in [0.05, 0.1) is 10.2 Å². The first-order valence-electron chi connectivity index (χ1n) is 16.0. The van der Waals surface area contributed by atoms with Crippen LogP contribution in [0.15, 0.2) is 36.7 Å². The zero-order chi connectivity index (χ0) is 31.9. The highest BCUT2D eigenvalue weighted by Crippen LogP contribution is 2.37. The van der Waals surface area contributed by atoms with Gasteiger partial charge in [-0.15, -0.1) is 0 Å². The summed E-state index contributed by atoms with van der Waals surface area (Å²) in [4.78, 5) is 16.1. The van der Waals surface area contributed by atoms with Crippen molar-refractivity contribution in [1.29, 1.82) is 0 Å². The second kappa shape index (κ2) is 21.0. The van der Waals surface area contributed by atoms with Crippen LogP contribution in [-0.4, -0.2) is 87.6 Å². The van der Waals surface area contributed by atoms with E-state index in [9.17, 15) is 4.21 Å². The van der Waals surface area contributed by atoms with E-state index < -0.39 is 19.5 Å². The zero-order valence-electron chi connectivity index (χ0n) is 27.3. The predicted molar refractivity (Wildman–Crippen MR) is 190 cm³/mol. The smallest absolute Gasteiger partial charge is 0.274 e. The number of nitrogens with zero attached hydrogens (tertiary/aromatic N) is 4. The molecule has 46 heavy (non-hydrogen) atoms. The first-order chi connectivity index (χ1) is 22.0. The first kappa shape index (κ1) is 38.4. The highest BCUT2D eigenvalue weighted by molar-refractivity contribution is 7.79. The number of aromatic nitrogens is 3. The summed E-state index contributed by atoms with van der Waals surface area (Å²) >= 11 is 0.0297. The predicted octanol–water partition coefficient (Wildman–Crippen LogP) is 6.01. The van der Waals surface area contributed by atoms with Crippen molar-refractivity contribution in [3.8, 4) is 5.19 Å². The fourth-order valence-corrected chi connectivity index (χ4v) is 7.73. The maximum atomic E-state index is 10.3. The Labute approximate surface area is 281 Å². The van der Waals surface area contributed by atoms with E-state index in [1.165, 1.54) is 21.4 Å². The van der Waals surface area contributed by atoms with Gasteiger partial charge in [0.25, 0.3) is 5.19 Å². The van der Waals surface area contributed by atoms with Gasteiger partial charge in [-0.1, -0.05) is 49.7 Å². The van der Waals surface area contributed by atoms with Crippen molar-refractivity contribution in [1.82, 2.24) is 20.3 Å². The van der Waals surface area contributed by atoms with Crippen LogP contribution < -0.4 is 15.0 Å². The minimum absolute atomic E-state index is 0. The largest absolute Gasteiger partial charge is 0.467 e. The van der Waals surface area contributed by atoms with Crippen LogP contribution in [0.1, 0.15) is 69.4 Å². The molecule has 0 amide bonds. The van der Waals surface area contributed by atoms with Gasteiger partial charge in [-0.2, -0.15) is 0 Å². The lowest BCUT2D eigenvalue weighted by Gasteiger charge is -2.31. The van der Waals surface area contributed by atoms with E-state index in [2.05, 4.69) is 51.4 Å². The number of piperidine rings is 1. The molecular weight excluding hydrogens is 645 g/mol. The van der Waals surface area contributed by atoms with Crippen LogP contribution in [0.4, 0.5) is 5.95 Å². The molecule has 1 aromatic carbocycles. The van der Waals surface area contributed by atoms with Gasteiger partial charge in [0.1, 0.15) is 6.10 Å². The number of aryl methyl sites for hydroxylation is 1. The van der Waals surface area contributed by atoms with E-state index in [1.807, 2.05) is 12.4 Å². The van der Waals surface area contributed by atoms with Crippen LogP contribution in [0.2, 0.25) is 0 Å². The van der Waals surface area contributed by atoms with Gasteiger partial charge in [0.15, 0.2) is 19.5 Å². The molecule has 1 atom stereocenters. The van der Waals surface area contributed by atoms with Crippen molar-refractivity contribution in [2.45, 2.75) is 70.8 Å². The van der Waals surface area contributed by atoms with Gasteiger partial charge in [-0.05, 0) is 61.1 Å². The number of nitrogens with one attached hydrogen (secondary N) is 1. The lowest BCUT2D eigenvalue weighted by molar-refractivity contribution is 0.170. The molecule has 5 rings (SSSR count). The Morgan fingerprint density at radius 3 is 2.50 bits per heavy atom. The number of fused-ring (bicyclic) bond motifs is 1. The molecule has 256 valence electrons. The number of ether oxygens (including phenoxy) is 1. The standard InChI is InChI=1S/C24H29N5OS.C8H19O4PS.H2O/c1-2-3-17-15-26-23(27-16-17)29-12-8-20(9-13-29)30-24-28-21-5-4-19(14-22(21)31-24)18-6-10-25-11-7-18;1-11-13(12-2)7-5-3-4-6-8-14(9)10;/h4-6,14-16,20,25H,2-3,7-13H2,1H3;3-8H2,1-2H3,(H,9,10);1H2. The molecular formula is C32H50N5O6PS2. The molecule has 1 fully saturated rings. The molecule has 4 heterocycles. The molecule has 0 bridgehead atoms. The molecule has 4 N–H and O–H groups in total. The van der Waals surface area contributed by atoms with Crippen LogP contribution in [-0.2, 0) is 26.5 Å². The fraction of sp³-hybridized carbons (Fsp3) is 0.594. The minimum Gasteiger partial charge on any atom is -0.467 e. The quantitative estimate of drug-likeness (QED) is 0.110. The Bertz CT molecular complexity index is 1350. The lowest BCUT2D eigenvalue weighted by Crippen LogP contribution is -2.39. The van der Waals surface area contributed by atoms with Gasteiger partial charge in [-0.25, -0.2) is 19.2 Å². The normalized spacial score (nSPS) is 16.0. The monoisotopic (exact) mass is 695 g/mol. The molecule has 2 aliphatic rings. The molecule has 0 radical (unpaired) electrons. The second-order valence-electron chi connectivity index (χ2n) is 11.2. The van der Waals surface area contributed by atoms with Gasteiger partial charge >= 0.3 is 0 Å². The number of rotatable bonds is 15. The van der Waals surface area contributed by atoms with Crippen molar-refractivity contribution >= 4 is 52.5 Å². The molecule has 0 aliphatic carbocycles. The van der Waals surface area contributed by atoms with E-state index in [4.69, 9.17) is 23.3 Å². The summed E-state index contributed by atoms with van der Waals surface area (Å²) in [5.41, 5.74) is 4.97. The highest BCUT2D eigenvalue weighted by Gasteiger charge is 2.23. The van der Waals surface area contributed by atoms with Crippen LogP contribution in [0.5, 0.6) is 5.19 Å². The number of benzene rings is 1. The number of hydrogen-bond acceptors (Lipinski definition) is 10. The molecule has 1 unspecified atom stereocenters. The SMILES string of the molecule is CCCc1cnc(N2CCC(Oc3nc4ccc(C5=CCNCC5)cc4s3)CC2)nc1.COP(CCCCCCS(=O)O)OC.O. The van der Waals surface area contributed by atoms with Crippen LogP contribution >= 0.6 is 19.7 Å². The number of anilines is 1. The minimum atomic E-state index is -1.63. The lowest BCUT2D eigenvalue weighted by atomic mass is 10.0.